The molecule has 0 spiro atoms. The number of hydrogen-bond donors (Lipinski definition) is 1. The van der Waals surface area contributed by atoms with Gasteiger partial charge in [0.1, 0.15) is 0 Å². The maximum Gasteiger partial charge on any atom is 0.0830 e. The standard InChI is InChI=1S/C11H23NO2/c1-3-10(2)12-6-4-7-14-11-5-8-13-9-11/h10-12H,3-9H2,1-2H3. The molecule has 0 saturated carbocycles. The molecule has 1 rings (SSSR count). The van der Waals surface area contributed by atoms with Crippen LogP contribution in [0.5, 0.6) is 0 Å². The normalized spacial score (nSPS) is 24.0. The van der Waals surface area contributed by atoms with Crippen molar-refractivity contribution in [3.05, 3.63) is 0 Å². The van der Waals surface area contributed by atoms with Crippen LogP contribution in [0.2, 0.25) is 0 Å². The van der Waals surface area contributed by atoms with Crippen molar-refractivity contribution in [2.75, 3.05) is 26.4 Å². The Kier molecular flexibility index (Phi) is 6.15. The Hall–Kier alpha value is -0.120. The van der Waals surface area contributed by atoms with Gasteiger partial charge in [0.05, 0.1) is 12.7 Å². The van der Waals surface area contributed by atoms with E-state index in [9.17, 15) is 0 Å². The molecule has 1 saturated heterocycles. The van der Waals surface area contributed by atoms with E-state index in [4.69, 9.17) is 9.47 Å². The molecular formula is C11H23NO2. The molecule has 0 bridgehead atoms. The molecule has 1 fully saturated rings. The Labute approximate surface area is 87.2 Å². The van der Waals surface area contributed by atoms with Crippen molar-refractivity contribution in [1.29, 1.82) is 0 Å². The Morgan fingerprint density at radius 1 is 1.57 bits per heavy atom. The van der Waals surface area contributed by atoms with E-state index in [0.717, 1.165) is 39.2 Å². The molecule has 2 unspecified atom stereocenters. The number of ether oxygens (including phenoxy) is 2. The first-order valence-electron chi connectivity index (χ1n) is 5.75. The number of rotatable bonds is 7. The van der Waals surface area contributed by atoms with Crippen molar-refractivity contribution in [3.8, 4) is 0 Å². The zero-order valence-electron chi connectivity index (χ0n) is 9.42. The van der Waals surface area contributed by atoms with Crippen molar-refractivity contribution in [1.82, 2.24) is 5.32 Å². The fourth-order valence-electron chi connectivity index (χ4n) is 1.46. The first kappa shape index (κ1) is 12.0. The second-order valence-electron chi connectivity index (χ2n) is 3.97. The molecule has 84 valence electrons. The fraction of sp³-hybridized carbons (Fsp3) is 1.00. The summed E-state index contributed by atoms with van der Waals surface area (Å²) in [5.74, 6) is 0. The molecule has 0 aromatic heterocycles. The highest BCUT2D eigenvalue weighted by atomic mass is 16.5. The lowest BCUT2D eigenvalue weighted by Crippen LogP contribution is -2.27. The van der Waals surface area contributed by atoms with E-state index in [0.29, 0.717) is 12.1 Å². The fourth-order valence-corrected chi connectivity index (χ4v) is 1.46. The Morgan fingerprint density at radius 3 is 3.07 bits per heavy atom. The van der Waals surface area contributed by atoms with Crippen molar-refractivity contribution >= 4 is 0 Å². The van der Waals surface area contributed by atoms with Crippen LogP contribution in [0.15, 0.2) is 0 Å². The summed E-state index contributed by atoms with van der Waals surface area (Å²) in [6.45, 7) is 7.99. The third-order valence-electron chi connectivity index (χ3n) is 2.67. The maximum atomic E-state index is 5.65. The van der Waals surface area contributed by atoms with Gasteiger partial charge in [-0.1, -0.05) is 6.92 Å². The summed E-state index contributed by atoms with van der Waals surface area (Å²) in [4.78, 5) is 0. The van der Waals surface area contributed by atoms with Gasteiger partial charge in [0.2, 0.25) is 0 Å². The molecule has 3 nitrogen and oxygen atoms in total. The Bertz CT molecular complexity index is 135. The van der Waals surface area contributed by atoms with Gasteiger partial charge in [-0.05, 0) is 32.7 Å². The SMILES string of the molecule is CCC(C)NCCCOC1CCOC1. The molecule has 3 heteroatoms. The topological polar surface area (TPSA) is 30.5 Å². The van der Waals surface area contributed by atoms with Crippen molar-refractivity contribution in [2.24, 2.45) is 0 Å². The van der Waals surface area contributed by atoms with Crippen LogP contribution in [-0.2, 0) is 9.47 Å². The smallest absolute Gasteiger partial charge is 0.0830 e. The second kappa shape index (κ2) is 7.21. The van der Waals surface area contributed by atoms with Gasteiger partial charge in [0.15, 0.2) is 0 Å². The van der Waals surface area contributed by atoms with Gasteiger partial charge < -0.3 is 14.8 Å². The molecule has 0 aromatic carbocycles. The van der Waals surface area contributed by atoms with Crippen LogP contribution in [0, 0.1) is 0 Å². The summed E-state index contributed by atoms with van der Waals surface area (Å²) in [6.07, 6.45) is 3.72. The van der Waals surface area contributed by atoms with Crippen LogP contribution in [0.1, 0.15) is 33.1 Å². The van der Waals surface area contributed by atoms with Crippen LogP contribution < -0.4 is 5.32 Å². The molecule has 1 heterocycles. The summed E-state index contributed by atoms with van der Waals surface area (Å²) >= 11 is 0. The molecule has 1 aliphatic heterocycles. The van der Waals surface area contributed by atoms with E-state index < -0.39 is 0 Å². The minimum atomic E-state index is 0.360. The van der Waals surface area contributed by atoms with Crippen LogP contribution in [-0.4, -0.2) is 38.5 Å². The van der Waals surface area contributed by atoms with Gasteiger partial charge in [-0.2, -0.15) is 0 Å². The molecule has 14 heavy (non-hydrogen) atoms. The quantitative estimate of drug-likeness (QED) is 0.634. The minimum Gasteiger partial charge on any atom is -0.379 e. The zero-order chi connectivity index (χ0) is 10.2. The van der Waals surface area contributed by atoms with Gasteiger partial charge in [0.25, 0.3) is 0 Å². The van der Waals surface area contributed by atoms with E-state index in [1.165, 1.54) is 6.42 Å². The maximum absolute atomic E-state index is 5.65. The molecule has 1 aliphatic rings. The van der Waals surface area contributed by atoms with E-state index >= 15 is 0 Å². The number of hydrogen-bond acceptors (Lipinski definition) is 3. The third-order valence-corrected chi connectivity index (χ3v) is 2.67. The third kappa shape index (κ3) is 4.94. The molecule has 0 aliphatic carbocycles. The molecule has 0 aromatic rings. The van der Waals surface area contributed by atoms with Gasteiger partial charge in [-0.25, -0.2) is 0 Å². The van der Waals surface area contributed by atoms with Crippen LogP contribution in [0.25, 0.3) is 0 Å². The van der Waals surface area contributed by atoms with Gasteiger partial charge >= 0.3 is 0 Å². The monoisotopic (exact) mass is 201 g/mol. The lowest BCUT2D eigenvalue weighted by atomic mass is 10.2. The van der Waals surface area contributed by atoms with Crippen molar-refractivity contribution < 1.29 is 9.47 Å². The summed E-state index contributed by atoms with van der Waals surface area (Å²) in [5.41, 5.74) is 0. The molecule has 1 N–H and O–H groups in total. The largest absolute Gasteiger partial charge is 0.379 e. The van der Waals surface area contributed by atoms with Crippen molar-refractivity contribution in [3.63, 3.8) is 0 Å². The Morgan fingerprint density at radius 2 is 2.43 bits per heavy atom. The van der Waals surface area contributed by atoms with Gasteiger partial charge in [-0.3, -0.25) is 0 Å². The molecule has 0 radical (unpaired) electrons. The summed E-state index contributed by atoms with van der Waals surface area (Å²) in [6, 6.07) is 0.629. The number of nitrogens with one attached hydrogen (secondary N) is 1. The summed E-state index contributed by atoms with van der Waals surface area (Å²) in [5, 5.41) is 3.45. The first-order valence-corrected chi connectivity index (χ1v) is 5.75. The van der Waals surface area contributed by atoms with E-state index in [2.05, 4.69) is 19.2 Å². The molecule has 0 amide bonds. The van der Waals surface area contributed by atoms with Crippen LogP contribution in [0.3, 0.4) is 0 Å². The van der Waals surface area contributed by atoms with Crippen LogP contribution in [0.4, 0.5) is 0 Å². The van der Waals surface area contributed by atoms with Gasteiger partial charge in [-0.15, -0.1) is 0 Å². The van der Waals surface area contributed by atoms with E-state index in [-0.39, 0.29) is 0 Å². The lowest BCUT2D eigenvalue weighted by molar-refractivity contribution is 0.0414. The summed E-state index contributed by atoms with van der Waals surface area (Å²) in [7, 11) is 0. The van der Waals surface area contributed by atoms with Gasteiger partial charge in [0, 0.05) is 19.3 Å². The van der Waals surface area contributed by atoms with E-state index in [1.54, 1.807) is 0 Å². The lowest BCUT2D eigenvalue weighted by Gasteiger charge is -2.12. The average molecular weight is 201 g/mol. The van der Waals surface area contributed by atoms with E-state index in [1.807, 2.05) is 0 Å². The average Bonchev–Trinajstić information content (AvgIpc) is 2.69. The molecular weight excluding hydrogens is 178 g/mol. The predicted octanol–water partition coefficient (Wildman–Crippen LogP) is 1.57. The highest BCUT2D eigenvalue weighted by Gasteiger charge is 2.15. The molecule has 2 atom stereocenters. The predicted molar refractivity (Wildman–Crippen MR) is 57.5 cm³/mol. The first-order chi connectivity index (χ1) is 6.83. The zero-order valence-corrected chi connectivity index (χ0v) is 9.42. The highest BCUT2D eigenvalue weighted by Crippen LogP contribution is 2.07. The second-order valence-corrected chi connectivity index (χ2v) is 3.97. The van der Waals surface area contributed by atoms with Crippen LogP contribution >= 0.6 is 0 Å². The van der Waals surface area contributed by atoms with Crippen molar-refractivity contribution in [2.45, 2.75) is 45.3 Å². The minimum absolute atomic E-state index is 0.360. The highest BCUT2D eigenvalue weighted by molar-refractivity contribution is 4.63. The Balaban J connectivity index is 1.84. The summed E-state index contributed by atoms with van der Waals surface area (Å²) < 4.78 is 10.9.